The molecule has 0 radical (unpaired) electrons. The summed E-state index contributed by atoms with van der Waals surface area (Å²) in [4.78, 5) is 25.8. The van der Waals surface area contributed by atoms with Crippen molar-refractivity contribution in [3.05, 3.63) is 0 Å². The number of carbonyl (C=O) groups excluding carboxylic acids is 1. The van der Waals surface area contributed by atoms with Crippen molar-refractivity contribution in [1.29, 1.82) is 0 Å². The van der Waals surface area contributed by atoms with Crippen LogP contribution in [0.5, 0.6) is 0 Å². The molecule has 1 fully saturated rings. The maximum Gasteiger partial charge on any atom is 0.321 e. The van der Waals surface area contributed by atoms with Gasteiger partial charge in [-0.05, 0) is 31.9 Å². The monoisotopic (exact) mass is 495 g/mol. The molecule has 33 heavy (non-hydrogen) atoms. The van der Waals surface area contributed by atoms with Crippen molar-refractivity contribution in [2.75, 3.05) is 12.0 Å². The van der Waals surface area contributed by atoms with Crippen molar-refractivity contribution in [3.8, 4) is 0 Å². The van der Waals surface area contributed by atoms with Crippen LogP contribution in [-0.2, 0) is 14.3 Å². The maximum atomic E-state index is 14.0. The molecule has 0 aliphatic carbocycles. The number of nitrogens with one attached hydrogen (secondary N) is 2. The van der Waals surface area contributed by atoms with Crippen LogP contribution in [0.25, 0.3) is 0 Å². The van der Waals surface area contributed by atoms with E-state index in [0.717, 1.165) is 0 Å². The SMILES string of the molecule is CCC(N)(CC)NC(C(=O)C(CC)(CC)NC(CSC)C(=O)O)C1OC(O)C(O)C(O)C1O. The molecule has 1 saturated heterocycles. The fourth-order valence-corrected chi connectivity index (χ4v) is 4.63. The molecule has 7 atom stereocenters. The zero-order valence-corrected chi connectivity index (χ0v) is 20.8. The average molecular weight is 496 g/mol. The Morgan fingerprint density at radius 3 is 1.94 bits per heavy atom. The van der Waals surface area contributed by atoms with Crippen LogP contribution in [0.4, 0.5) is 0 Å². The number of thioether (sulfide) groups is 1. The van der Waals surface area contributed by atoms with E-state index in [4.69, 9.17) is 10.5 Å². The van der Waals surface area contributed by atoms with Crippen molar-refractivity contribution >= 4 is 23.5 Å². The minimum Gasteiger partial charge on any atom is -0.480 e. The Morgan fingerprint density at radius 2 is 1.52 bits per heavy atom. The Labute approximate surface area is 199 Å². The summed E-state index contributed by atoms with van der Waals surface area (Å²) in [5.74, 6) is -1.40. The van der Waals surface area contributed by atoms with Gasteiger partial charge in [0.15, 0.2) is 12.1 Å². The van der Waals surface area contributed by atoms with Gasteiger partial charge >= 0.3 is 5.97 Å². The van der Waals surface area contributed by atoms with Gasteiger partial charge < -0.3 is 36.0 Å². The highest BCUT2D eigenvalue weighted by molar-refractivity contribution is 7.98. The number of nitrogens with two attached hydrogens (primary N) is 1. The molecule has 194 valence electrons. The lowest BCUT2D eigenvalue weighted by Gasteiger charge is -2.46. The van der Waals surface area contributed by atoms with Gasteiger partial charge in [0, 0.05) is 5.75 Å². The van der Waals surface area contributed by atoms with Crippen molar-refractivity contribution in [2.24, 2.45) is 5.73 Å². The lowest BCUT2D eigenvalue weighted by atomic mass is 9.79. The number of aliphatic hydroxyl groups excluding tert-OH is 4. The Hall–Kier alpha value is -0.830. The van der Waals surface area contributed by atoms with Crippen LogP contribution in [-0.4, -0.2) is 103 Å². The van der Waals surface area contributed by atoms with E-state index in [1.165, 1.54) is 11.8 Å². The summed E-state index contributed by atoms with van der Waals surface area (Å²) in [7, 11) is 0. The summed E-state index contributed by atoms with van der Waals surface area (Å²) in [5, 5.41) is 56.5. The standard InChI is InChI=1S/C21H41N3O8S/c1-6-20(7-2,23-11(10-33-5)18(29)30)17(28)12(24-21(22,8-3)9-4)16-14(26)13(25)15(27)19(31)32-16/h11-16,19,23-27,31H,6-10,22H2,1-5H3,(H,29,30). The molecule has 0 amide bonds. The number of ether oxygens (including phenoxy) is 1. The molecular weight excluding hydrogens is 454 g/mol. The van der Waals surface area contributed by atoms with E-state index in [-0.39, 0.29) is 18.6 Å². The molecule has 0 aromatic rings. The van der Waals surface area contributed by atoms with Gasteiger partial charge in [0.1, 0.15) is 30.5 Å². The highest BCUT2D eigenvalue weighted by atomic mass is 32.2. The number of ketones is 1. The van der Waals surface area contributed by atoms with Crippen LogP contribution < -0.4 is 16.4 Å². The smallest absolute Gasteiger partial charge is 0.321 e. The fraction of sp³-hybridized carbons (Fsp3) is 0.905. The number of hydrogen-bond acceptors (Lipinski definition) is 11. The number of hydrogen-bond donors (Lipinski definition) is 8. The van der Waals surface area contributed by atoms with Crippen LogP contribution >= 0.6 is 11.8 Å². The van der Waals surface area contributed by atoms with Gasteiger partial charge in [-0.15, -0.1) is 0 Å². The highest BCUT2D eigenvalue weighted by Gasteiger charge is 2.53. The first kappa shape index (κ1) is 30.2. The maximum absolute atomic E-state index is 14.0. The molecule has 1 aliphatic rings. The molecule has 1 rings (SSSR count). The summed E-state index contributed by atoms with van der Waals surface area (Å²) in [6, 6.07) is -2.34. The van der Waals surface area contributed by atoms with E-state index >= 15 is 0 Å². The van der Waals surface area contributed by atoms with Crippen molar-refractivity contribution in [1.82, 2.24) is 10.6 Å². The van der Waals surface area contributed by atoms with E-state index < -0.39 is 65.7 Å². The molecule has 0 aromatic heterocycles. The number of aliphatic carboxylic acids is 1. The summed E-state index contributed by atoms with van der Waals surface area (Å²) >= 11 is 1.32. The largest absolute Gasteiger partial charge is 0.480 e. The Kier molecular flexibility index (Phi) is 11.7. The van der Waals surface area contributed by atoms with Gasteiger partial charge in [-0.2, -0.15) is 11.8 Å². The third-order valence-corrected chi connectivity index (χ3v) is 7.37. The summed E-state index contributed by atoms with van der Waals surface area (Å²) in [6.07, 6.45) is -5.49. The van der Waals surface area contributed by atoms with Gasteiger partial charge in [-0.25, -0.2) is 0 Å². The molecule has 1 heterocycles. The third-order valence-electron chi connectivity index (χ3n) is 6.70. The summed E-state index contributed by atoms with van der Waals surface area (Å²) in [5.41, 5.74) is 4.04. The molecule has 12 heteroatoms. The Morgan fingerprint density at radius 1 is 0.970 bits per heavy atom. The fourth-order valence-electron chi connectivity index (χ4n) is 4.07. The van der Waals surface area contributed by atoms with Crippen molar-refractivity contribution in [2.45, 2.75) is 107 Å². The van der Waals surface area contributed by atoms with Gasteiger partial charge in [-0.3, -0.25) is 20.2 Å². The van der Waals surface area contributed by atoms with Gasteiger partial charge in [0.25, 0.3) is 0 Å². The quantitative estimate of drug-likeness (QED) is 0.134. The summed E-state index contributed by atoms with van der Waals surface area (Å²) in [6.45, 7) is 7.11. The molecule has 1 aliphatic heterocycles. The number of aliphatic hydroxyl groups is 4. The average Bonchev–Trinajstić information content (AvgIpc) is 2.80. The van der Waals surface area contributed by atoms with Crippen LogP contribution in [0.2, 0.25) is 0 Å². The lowest BCUT2D eigenvalue weighted by molar-refractivity contribution is -0.286. The normalized spacial score (nSPS) is 28.4. The first-order valence-electron chi connectivity index (χ1n) is 11.3. The van der Waals surface area contributed by atoms with Crippen molar-refractivity contribution in [3.63, 3.8) is 0 Å². The van der Waals surface area contributed by atoms with E-state index in [1.807, 2.05) is 13.8 Å². The zero-order chi connectivity index (χ0) is 25.6. The Bertz CT molecular complexity index is 647. The number of carboxylic acids is 1. The predicted octanol–water partition coefficient (Wildman–Crippen LogP) is -1.25. The van der Waals surface area contributed by atoms with E-state index in [0.29, 0.717) is 12.8 Å². The molecule has 9 N–H and O–H groups in total. The topological polar surface area (TPSA) is 195 Å². The minimum absolute atomic E-state index is 0.222. The van der Waals surface area contributed by atoms with Crippen LogP contribution in [0.15, 0.2) is 0 Å². The summed E-state index contributed by atoms with van der Waals surface area (Å²) < 4.78 is 5.39. The van der Waals surface area contributed by atoms with Gasteiger partial charge in [0.2, 0.25) is 0 Å². The lowest BCUT2D eigenvalue weighted by Crippen LogP contribution is -2.73. The second kappa shape index (κ2) is 12.8. The molecule has 0 aromatic carbocycles. The van der Waals surface area contributed by atoms with Crippen molar-refractivity contribution < 1.29 is 39.9 Å². The van der Waals surface area contributed by atoms with Crippen LogP contribution in [0.1, 0.15) is 53.4 Å². The highest BCUT2D eigenvalue weighted by Crippen LogP contribution is 2.29. The van der Waals surface area contributed by atoms with Crippen LogP contribution in [0.3, 0.4) is 0 Å². The first-order chi connectivity index (χ1) is 15.4. The Balaban J connectivity index is 3.50. The number of Topliss-reactive ketones (excluding diaryl/α,β-unsaturated/α-hetero) is 1. The zero-order valence-electron chi connectivity index (χ0n) is 20.0. The second-order valence-electron chi connectivity index (χ2n) is 8.59. The molecule has 7 unspecified atom stereocenters. The van der Waals surface area contributed by atoms with E-state index in [1.54, 1.807) is 20.1 Å². The minimum atomic E-state index is -1.84. The van der Waals surface area contributed by atoms with E-state index in [9.17, 15) is 35.1 Å². The van der Waals surface area contributed by atoms with Gasteiger partial charge in [0.05, 0.1) is 17.2 Å². The first-order valence-corrected chi connectivity index (χ1v) is 12.7. The molecule has 0 saturated carbocycles. The van der Waals surface area contributed by atoms with E-state index in [2.05, 4.69) is 10.6 Å². The molecule has 11 nitrogen and oxygen atoms in total. The predicted molar refractivity (Wildman–Crippen MR) is 125 cm³/mol. The van der Waals surface area contributed by atoms with Gasteiger partial charge in [-0.1, -0.05) is 27.7 Å². The molecular formula is C21H41N3O8S. The second-order valence-corrected chi connectivity index (χ2v) is 9.50. The molecule has 0 bridgehead atoms. The number of carboxylic acid groups (broad SMARTS) is 1. The third kappa shape index (κ3) is 6.86. The number of carbonyl (C=O) groups is 2. The molecule has 0 spiro atoms. The number of rotatable bonds is 14. The van der Waals surface area contributed by atoms with Crippen LogP contribution in [0, 0.1) is 0 Å².